The summed E-state index contributed by atoms with van der Waals surface area (Å²) < 4.78 is 1.66. The van der Waals surface area contributed by atoms with Gasteiger partial charge in [0.25, 0.3) is 5.56 Å². The molecular formula is C20H29N5O3. The fourth-order valence-electron chi connectivity index (χ4n) is 4.09. The van der Waals surface area contributed by atoms with Gasteiger partial charge in [0.2, 0.25) is 11.8 Å². The third-order valence-corrected chi connectivity index (χ3v) is 5.91. The molecule has 2 aromatic rings. The van der Waals surface area contributed by atoms with E-state index in [-0.39, 0.29) is 23.8 Å². The number of carbonyl (C=O) groups is 2. The SMILES string of the molecule is CCNC(=O)C1(CNC(=O)CCc2c(C)c3c(C)nn(C)c3[nH]c2=O)CCC1. The number of amides is 2. The lowest BCUT2D eigenvalue weighted by atomic mass is 9.68. The van der Waals surface area contributed by atoms with Crippen LogP contribution in [0.2, 0.25) is 0 Å². The summed E-state index contributed by atoms with van der Waals surface area (Å²) in [5.74, 6) is -0.122. The summed E-state index contributed by atoms with van der Waals surface area (Å²) in [6.07, 6.45) is 3.17. The van der Waals surface area contributed by atoms with E-state index in [2.05, 4.69) is 20.7 Å². The van der Waals surface area contributed by atoms with Crippen LogP contribution in [0.4, 0.5) is 0 Å². The zero-order valence-electron chi connectivity index (χ0n) is 17.1. The quantitative estimate of drug-likeness (QED) is 0.664. The molecule has 28 heavy (non-hydrogen) atoms. The maximum absolute atomic E-state index is 12.5. The molecule has 1 fully saturated rings. The number of aryl methyl sites for hydroxylation is 3. The Labute approximate surface area is 164 Å². The second-order valence-corrected chi connectivity index (χ2v) is 7.76. The van der Waals surface area contributed by atoms with Crippen molar-refractivity contribution in [2.45, 2.75) is 52.9 Å². The molecule has 1 aliphatic carbocycles. The predicted octanol–water partition coefficient (Wildman–Crippen LogP) is 1.23. The van der Waals surface area contributed by atoms with E-state index in [4.69, 9.17) is 0 Å². The van der Waals surface area contributed by atoms with Gasteiger partial charge >= 0.3 is 0 Å². The maximum Gasteiger partial charge on any atom is 0.253 e. The Kier molecular flexibility index (Phi) is 5.58. The van der Waals surface area contributed by atoms with E-state index in [1.165, 1.54) is 0 Å². The first-order valence-electron chi connectivity index (χ1n) is 9.89. The minimum Gasteiger partial charge on any atom is -0.356 e. The first kappa shape index (κ1) is 20.1. The van der Waals surface area contributed by atoms with Crippen molar-refractivity contribution in [1.82, 2.24) is 25.4 Å². The van der Waals surface area contributed by atoms with E-state index in [0.29, 0.717) is 30.7 Å². The molecule has 3 N–H and O–H groups in total. The summed E-state index contributed by atoms with van der Waals surface area (Å²) in [6.45, 7) is 6.64. The van der Waals surface area contributed by atoms with Crippen LogP contribution in [0.25, 0.3) is 11.0 Å². The predicted molar refractivity (Wildman–Crippen MR) is 107 cm³/mol. The summed E-state index contributed by atoms with van der Waals surface area (Å²) in [4.78, 5) is 40.0. The Morgan fingerprint density at radius 3 is 2.57 bits per heavy atom. The number of rotatable bonds is 7. The molecule has 1 aliphatic rings. The summed E-state index contributed by atoms with van der Waals surface area (Å²) in [7, 11) is 1.79. The van der Waals surface area contributed by atoms with E-state index in [1.54, 1.807) is 11.7 Å². The second kappa shape index (κ2) is 7.77. The number of hydrogen-bond acceptors (Lipinski definition) is 4. The van der Waals surface area contributed by atoms with Gasteiger partial charge < -0.3 is 15.6 Å². The van der Waals surface area contributed by atoms with Crippen molar-refractivity contribution in [3.63, 3.8) is 0 Å². The van der Waals surface area contributed by atoms with Gasteiger partial charge in [0.1, 0.15) is 5.65 Å². The highest BCUT2D eigenvalue weighted by molar-refractivity contribution is 5.85. The number of aromatic amines is 1. The molecule has 2 aromatic heterocycles. The molecular weight excluding hydrogens is 358 g/mol. The van der Waals surface area contributed by atoms with Gasteiger partial charge in [-0.05, 0) is 45.6 Å². The standard InChI is InChI=1S/C20H29N5O3/c1-5-21-19(28)20(9-6-10-20)11-22-15(26)8-7-14-12(2)16-13(3)24-25(4)17(16)23-18(14)27/h5-11H2,1-4H3,(H,21,28)(H,22,26)(H,23,27). The third-order valence-electron chi connectivity index (χ3n) is 5.91. The molecule has 0 bridgehead atoms. The normalized spacial score (nSPS) is 15.3. The number of H-pyrrole nitrogens is 1. The van der Waals surface area contributed by atoms with Gasteiger partial charge in [-0.15, -0.1) is 0 Å². The van der Waals surface area contributed by atoms with Crippen LogP contribution in [0.15, 0.2) is 4.79 Å². The average Bonchev–Trinajstić information content (AvgIpc) is 2.87. The fourth-order valence-corrected chi connectivity index (χ4v) is 4.09. The molecule has 2 heterocycles. The number of nitrogens with zero attached hydrogens (tertiary/aromatic N) is 2. The molecule has 0 aromatic carbocycles. The Morgan fingerprint density at radius 2 is 1.96 bits per heavy atom. The van der Waals surface area contributed by atoms with Crippen LogP contribution in [0.5, 0.6) is 0 Å². The van der Waals surface area contributed by atoms with Gasteiger partial charge in [-0.25, -0.2) is 0 Å². The lowest BCUT2D eigenvalue weighted by Crippen LogP contribution is -2.52. The molecule has 8 heteroatoms. The van der Waals surface area contributed by atoms with Gasteiger partial charge in [0.15, 0.2) is 0 Å². The van der Waals surface area contributed by atoms with Crippen LogP contribution < -0.4 is 16.2 Å². The summed E-state index contributed by atoms with van der Waals surface area (Å²) in [6, 6.07) is 0. The van der Waals surface area contributed by atoms with Crippen molar-refractivity contribution in [3.8, 4) is 0 Å². The molecule has 0 unspecified atom stereocenters. The first-order chi connectivity index (χ1) is 13.3. The number of fused-ring (bicyclic) bond motifs is 1. The smallest absolute Gasteiger partial charge is 0.253 e. The monoisotopic (exact) mass is 387 g/mol. The zero-order valence-corrected chi connectivity index (χ0v) is 17.1. The van der Waals surface area contributed by atoms with Crippen molar-refractivity contribution < 1.29 is 9.59 Å². The van der Waals surface area contributed by atoms with Gasteiger partial charge in [0.05, 0.1) is 11.1 Å². The molecule has 0 spiro atoms. The summed E-state index contributed by atoms with van der Waals surface area (Å²) in [5, 5.41) is 11.1. The number of pyridine rings is 1. The third kappa shape index (κ3) is 3.55. The largest absolute Gasteiger partial charge is 0.356 e. The molecule has 1 saturated carbocycles. The van der Waals surface area contributed by atoms with Crippen LogP contribution in [-0.4, -0.2) is 39.7 Å². The minimum atomic E-state index is -0.467. The first-order valence-corrected chi connectivity index (χ1v) is 9.89. The Bertz CT molecular complexity index is 968. The van der Waals surface area contributed by atoms with Gasteiger partial charge in [-0.3, -0.25) is 19.1 Å². The van der Waals surface area contributed by atoms with Crippen molar-refractivity contribution >= 4 is 22.8 Å². The van der Waals surface area contributed by atoms with E-state index >= 15 is 0 Å². The van der Waals surface area contributed by atoms with Crippen LogP contribution in [0.3, 0.4) is 0 Å². The summed E-state index contributed by atoms with van der Waals surface area (Å²) >= 11 is 0. The van der Waals surface area contributed by atoms with Gasteiger partial charge in [0, 0.05) is 37.5 Å². The van der Waals surface area contributed by atoms with E-state index in [9.17, 15) is 14.4 Å². The molecule has 0 aliphatic heterocycles. The number of nitrogens with one attached hydrogen (secondary N) is 3. The molecule has 2 amide bonds. The van der Waals surface area contributed by atoms with Crippen LogP contribution in [0.1, 0.15) is 49.4 Å². The highest BCUT2D eigenvalue weighted by Gasteiger charge is 2.43. The van der Waals surface area contributed by atoms with Crippen molar-refractivity contribution in [3.05, 3.63) is 27.2 Å². The molecule has 0 saturated heterocycles. The maximum atomic E-state index is 12.5. The van der Waals surface area contributed by atoms with E-state index in [0.717, 1.165) is 35.9 Å². The highest BCUT2D eigenvalue weighted by Crippen LogP contribution is 2.40. The fraction of sp³-hybridized carbons (Fsp3) is 0.600. The zero-order chi connectivity index (χ0) is 20.5. The van der Waals surface area contributed by atoms with Crippen LogP contribution >= 0.6 is 0 Å². The number of aromatic nitrogens is 3. The van der Waals surface area contributed by atoms with Gasteiger partial charge in [-0.1, -0.05) is 6.42 Å². The minimum absolute atomic E-state index is 0.0198. The number of carbonyl (C=O) groups excluding carboxylic acids is 2. The Balaban J connectivity index is 1.66. The van der Waals surface area contributed by atoms with Crippen LogP contribution in [-0.2, 0) is 23.1 Å². The molecule has 0 radical (unpaired) electrons. The summed E-state index contributed by atoms with van der Waals surface area (Å²) in [5.41, 5.74) is 2.38. The highest BCUT2D eigenvalue weighted by atomic mass is 16.2. The molecule has 0 atom stereocenters. The van der Waals surface area contributed by atoms with E-state index in [1.807, 2.05) is 20.8 Å². The lowest BCUT2D eigenvalue weighted by molar-refractivity contribution is -0.136. The van der Waals surface area contributed by atoms with Crippen LogP contribution in [0, 0.1) is 19.3 Å². The molecule has 3 rings (SSSR count). The molecule has 8 nitrogen and oxygen atoms in total. The molecule has 152 valence electrons. The van der Waals surface area contributed by atoms with Crippen molar-refractivity contribution in [2.24, 2.45) is 12.5 Å². The topological polar surface area (TPSA) is 109 Å². The van der Waals surface area contributed by atoms with E-state index < -0.39 is 5.41 Å². The van der Waals surface area contributed by atoms with Gasteiger partial charge in [-0.2, -0.15) is 5.10 Å². The van der Waals surface area contributed by atoms with Crippen molar-refractivity contribution in [2.75, 3.05) is 13.1 Å². The Hall–Kier alpha value is -2.64. The number of hydrogen-bond donors (Lipinski definition) is 3. The average molecular weight is 387 g/mol. The lowest BCUT2D eigenvalue weighted by Gasteiger charge is -2.40. The van der Waals surface area contributed by atoms with Crippen molar-refractivity contribution in [1.29, 1.82) is 0 Å². The second-order valence-electron chi connectivity index (χ2n) is 7.76. The Morgan fingerprint density at radius 1 is 1.25 bits per heavy atom.